The number of nitrogens with zero attached hydrogens (tertiary/aromatic N) is 1. The minimum Gasteiger partial charge on any atom is -0.330 e. The van der Waals surface area contributed by atoms with Gasteiger partial charge in [-0.15, -0.1) is 12.4 Å². The summed E-state index contributed by atoms with van der Waals surface area (Å²) < 4.78 is 0. The van der Waals surface area contributed by atoms with E-state index >= 15 is 0 Å². The lowest BCUT2D eigenvalue weighted by atomic mass is 9.79. The molecule has 3 heteroatoms. The van der Waals surface area contributed by atoms with Crippen molar-refractivity contribution in [2.24, 2.45) is 17.1 Å². The van der Waals surface area contributed by atoms with Gasteiger partial charge in [0, 0.05) is 13.1 Å². The van der Waals surface area contributed by atoms with E-state index < -0.39 is 0 Å². The molecule has 0 aromatic rings. The molecule has 0 aromatic carbocycles. The summed E-state index contributed by atoms with van der Waals surface area (Å²) in [4.78, 5) is 2.63. The molecule has 2 nitrogen and oxygen atoms in total. The average Bonchev–Trinajstić information content (AvgIpc) is 2.73. The van der Waals surface area contributed by atoms with Gasteiger partial charge in [-0.05, 0) is 50.1 Å². The van der Waals surface area contributed by atoms with Crippen molar-refractivity contribution < 1.29 is 0 Å². The molecule has 98 valence electrons. The Balaban J connectivity index is 0.00000225. The highest BCUT2D eigenvalue weighted by Crippen LogP contribution is 2.32. The molecule has 1 rings (SSSR count). The van der Waals surface area contributed by atoms with Gasteiger partial charge in [-0.2, -0.15) is 0 Å². The van der Waals surface area contributed by atoms with Gasteiger partial charge >= 0.3 is 0 Å². The zero-order valence-corrected chi connectivity index (χ0v) is 12.0. The first-order valence-electron chi connectivity index (χ1n) is 6.62. The van der Waals surface area contributed by atoms with Crippen LogP contribution in [-0.4, -0.2) is 31.1 Å². The molecule has 0 spiro atoms. The van der Waals surface area contributed by atoms with E-state index in [1.807, 2.05) is 0 Å². The summed E-state index contributed by atoms with van der Waals surface area (Å²) >= 11 is 0. The van der Waals surface area contributed by atoms with Crippen molar-refractivity contribution in [3.05, 3.63) is 0 Å². The van der Waals surface area contributed by atoms with Crippen molar-refractivity contribution >= 4 is 12.4 Å². The maximum absolute atomic E-state index is 5.73. The molecule has 2 N–H and O–H groups in total. The Labute approximate surface area is 107 Å². The van der Waals surface area contributed by atoms with Crippen molar-refractivity contribution in [2.75, 3.05) is 26.2 Å². The number of hydrogen-bond donors (Lipinski definition) is 1. The number of hydrogen-bond acceptors (Lipinski definition) is 2. The average molecular weight is 249 g/mol. The topological polar surface area (TPSA) is 29.3 Å². The second kappa shape index (κ2) is 7.52. The smallest absolute Gasteiger partial charge is 0.00378 e. The van der Waals surface area contributed by atoms with E-state index in [4.69, 9.17) is 5.73 Å². The Morgan fingerprint density at radius 1 is 1.19 bits per heavy atom. The molecule has 1 fully saturated rings. The van der Waals surface area contributed by atoms with Crippen LogP contribution in [0.1, 0.15) is 46.5 Å². The van der Waals surface area contributed by atoms with Gasteiger partial charge in [-0.1, -0.05) is 20.8 Å². The van der Waals surface area contributed by atoms with Crippen LogP contribution >= 0.6 is 12.4 Å². The highest BCUT2D eigenvalue weighted by molar-refractivity contribution is 5.85. The summed E-state index contributed by atoms with van der Waals surface area (Å²) in [5.41, 5.74) is 6.29. The van der Waals surface area contributed by atoms with Crippen molar-refractivity contribution in [1.82, 2.24) is 4.90 Å². The molecule has 0 radical (unpaired) electrons. The maximum atomic E-state index is 5.73. The molecule has 0 bridgehead atoms. The fourth-order valence-electron chi connectivity index (χ4n) is 2.81. The van der Waals surface area contributed by atoms with Gasteiger partial charge in [-0.3, -0.25) is 0 Å². The van der Waals surface area contributed by atoms with Crippen LogP contribution in [-0.2, 0) is 0 Å². The molecule has 16 heavy (non-hydrogen) atoms. The zero-order chi connectivity index (χ0) is 11.3. The predicted molar refractivity (Wildman–Crippen MR) is 74.2 cm³/mol. The van der Waals surface area contributed by atoms with Gasteiger partial charge in [0.2, 0.25) is 0 Å². The SMILES string of the molecule is CCC(CC)(CC)CN1CCC(CN)C1.Cl. The Kier molecular flexibility index (Phi) is 7.62. The highest BCUT2D eigenvalue weighted by Gasteiger charge is 2.30. The summed E-state index contributed by atoms with van der Waals surface area (Å²) in [6, 6.07) is 0. The van der Waals surface area contributed by atoms with E-state index in [-0.39, 0.29) is 12.4 Å². The monoisotopic (exact) mass is 248 g/mol. The minimum absolute atomic E-state index is 0. The second-order valence-corrected chi connectivity index (χ2v) is 5.19. The summed E-state index contributed by atoms with van der Waals surface area (Å²) in [6.45, 7) is 11.7. The fourth-order valence-corrected chi connectivity index (χ4v) is 2.81. The second-order valence-electron chi connectivity index (χ2n) is 5.19. The van der Waals surface area contributed by atoms with Crippen LogP contribution in [0.2, 0.25) is 0 Å². The third-order valence-electron chi connectivity index (χ3n) is 4.51. The number of rotatable bonds is 6. The van der Waals surface area contributed by atoms with Crippen molar-refractivity contribution in [3.63, 3.8) is 0 Å². The van der Waals surface area contributed by atoms with Gasteiger partial charge in [0.15, 0.2) is 0 Å². The van der Waals surface area contributed by atoms with Crippen LogP contribution in [0.25, 0.3) is 0 Å². The third-order valence-corrected chi connectivity index (χ3v) is 4.51. The molecule has 1 heterocycles. The van der Waals surface area contributed by atoms with Crippen LogP contribution < -0.4 is 5.73 Å². The van der Waals surface area contributed by atoms with Crippen molar-refractivity contribution in [2.45, 2.75) is 46.5 Å². The quantitative estimate of drug-likeness (QED) is 0.783. The summed E-state index contributed by atoms with van der Waals surface area (Å²) in [5, 5.41) is 0. The van der Waals surface area contributed by atoms with Gasteiger partial charge < -0.3 is 10.6 Å². The summed E-state index contributed by atoms with van der Waals surface area (Å²) in [5.74, 6) is 0.758. The van der Waals surface area contributed by atoms with Crippen LogP contribution in [0.4, 0.5) is 0 Å². The molecule has 1 saturated heterocycles. The first-order chi connectivity index (χ1) is 7.19. The van der Waals surface area contributed by atoms with E-state index in [0.717, 1.165) is 12.5 Å². The van der Waals surface area contributed by atoms with Gasteiger partial charge in [0.05, 0.1) is 0 Å². The Morgan fingerprint density at radius 3 is 2.12 bits per heavy atom. The standard InChI is InChI=1S/C13H28N2.ClH/c1-4-13(5-2,6-3)11-15-8-7-12(9-14)10-15;/h12H,4-11,14H2,1-3H3;1H. The minimum atomic E-state index is 0. The highest BCUT2D eigenvalue weighted by atomic mass is 35.5. The van der Waals surface area contributed by atoms with Crippen LogP contribution in [0.5, 0.6) is 0 Å². The lowest BCUT2D eigenvalue weighted by Gasteiger charge is -2.35. The van der Waals surface area contributed by atoms with Gasteiger partial charge in [-0.25, -0.2) is 0 Å². The van der Waals surface area contributed by atoms with Gasteiger partial charge in [0.25, 0.3) is 0 Å². The fraction of sp³-hybridized carbons (Fsp3) is 1.00. The molecular weight excluding hydrogens is 220 g/mol. The zero-order valence-electron chi connectivity index (χ0n) is 11.2. The van der Waals surface area contributed by atoms with E-state index in [9.17, 15) is 0 Å². The predicted octanol–water partition coefficient (Wildman–Crippen LogP) is 2.91. The molecule has 0 aliphatic carbocycles. The number of nitrogens with two attached hydrogens (primary N) is 1. The van der Waals surface area contributed by atoms with Crippen LogP contribution in [0, 0.1) is 11.3 Å². The lowest BCUT2D eigenvalue weighted by Crippen LogP contribution is -2.36. The van der Waals surface area contributed by atoms with Gasteiger partial charge in [0.1, 0.15) is 0 Å². The normalized spacial score (nSPS) is 22.1. The lowest BCUT2D eigenvalue weighted by molar-refractivity contribution is 0.150. The Hall–Kier alpha value is 0.210. The van der Waals surface area contributed by atoms with Crippen molar-refractivity contribution in [1.29, 1.82) is 0 Å². The van der Waals surface area contributed by atoms with E-state index in [2.05, 4.69) is 25.7 Å². The molecule has 0 amide bonds. The molecule has 1 atom stereocenters. The molecule has 0 aromatic heterocycles. The Bertz CT molecular complexity index is 173. The van der Waals surface area contributed by atoms with E-state index in [1.165, 1.54) is 45.3 Å². The summed E-state index contributed by atoms with van der Waals surface area (Å²) in [6.07, 6.45) is 5.24. The van der Waals surface area contributed by atoms with E-state index in [0.29, 0.717) is 5.41 Å². The molecule has 0 saturated carbocycles. The van der Waals surface area contributed by atoms with Crippen LogP contribution in [0.3, 0.4) is 0 Å². The summed E-state index contributed by atoms with van der Waals surface area (Å²) in [7, 11) is 0. The van der Waals surface area contributed by atoms with E-state index in [1.54, 1.807) is 0 Å². The molecule has 1 unspecified atom stereocenters. The number of likely N-dealkylation sites (tertiary alicyclic amines) is 1. The number of halogens is 1. The first kappa shape index (κ1) is 16.2. The first-order valence-corrected chi connectivity index (χ1v) is 6.62. The molecular formula is C13H29ClN2. The third kappa shape index (κ3) is 3.90. The molecule has 1 aliphatic heterocycles. The van der Waals surface area contributed by atoms with Crippen LogP contribution in [0.15, 0.2) is 0 Å². The Morgan fingerprint density at radius 2 is 1.75 bits per heavy atom. The van der Waals surface area contributed by atoms with Crippen molar-refractivity contribution in [3.8, 4) is 0 Å². The molecule has 1 aliphatic rings. The maximum Gasteiger partial charge on any atom is 0.00378 e. The largest absolute Gasteiger partial charge is 0.330 e.